The summed E-state index contributed by atoms with van der Waals surface area (Å²) in [4.78, 5) is 36.8. The summed E-state index contributed by atoms with van der Waals surface area (Å²) in [6.07, 6.45) is 2.49. The summed E-state index contributed by atoms with van der Waals surface area (Å²) in [6.45, 7) is 3.93. The van der Waals surface area contributed by atoms with Crippen LogP contribution in [0.25, 0.3) is 11.1 Å². The van der Waals surface area contributed by atoms with Crippen molar-refractivity contribution in [3.8, 4) is 11.1 Å². The minimum atomic E-state index is -1.19. The summed E-state index contributed by atoms with van der Waals surface area (Å²) in [5.74, 6) is -3.59. The minimum absolute atomic E-state index is 0.292. The number of carboxylic acid groups (broad SMARTS) is 1. The number of rotatable bonds is 5. The number of thiophene rings is 1. The van der Waals surface area contributed by atoms with Crippen LogP contribution in [0.3, 0.4) is 0 Å². The van der Waals surface area contributed by atoms with E-state index in [0.717, 1.165) is 29.5 Å². The van der Waals surface area contributed by atoms with Gasteiger partial charge in [0.1, 0.15) is 10.6 Å². The van der Waals surface area contributed by atoms with Gasteiger partial charge in [0.25, 0.3) is 0 Å². The van der Waals surface area contributed by atoms with Crippen LogP contribution < -0.4 is 10.4 Å². The summed E-state index contributed by atoms with van der Waals surface area (Å²) in [5, 5.41) is 16.4. The molecule has 1 aromatic heterocycles. The van der Waals surface area contributed by atoms with Gasteiger partial charge in [-0.25, -0.2) is 4.79 Å². The fourth-order valence-electron chi connectivity index (χ4n) is 3.91. The van der Waals surface area contributed by atoms with Crippen LogP contribution in [0, 0.1) is 25.7 Å². The molecule has 6 nitrogen and oxygen atoms in total. The highest BCUT2D eigenvalue weighted by Crippen LogP contribution is 2.39. The normalized spacial score (nSPS) is 18.9. The number of anilines is 1. The number of benzene rings is 1. The van der Waals surface area contributed by atoms with Crippen molar-refractivity contribution >= 4 is 34.2 Å². The summed E-state index contributed by atoms with van der Waals surface area (Å²) < 4.78 is 4.97. The Morgan fingerprint density at radius 1 is 1.10 bits per heavy atom. The van der Waals surface area contributed by atoms with E-state index in [4.69, 9.17) is 4.74 Å². The second-order valence-electron chi connectivity index (χ2n) is 7.47. The first-order valence-electron chi connectivity index (χ1n) is 9.62. The zero-order valence-corrected chi connectivity index (χ0v) is 17.6. The number of ether oxygens (including phenoxy) is 1. The lowest BCUT2D eigenvalue weighted by molar-refractivity contribution is -0.313. The Labute approximate surface area is 173 Å². The second-order valence-corrected chi connectivity index (χ2v) is 8.35. The Bertz CT molecular complexity index is 949. The van der Waals surface area contributed by atoms with Gasteiger partial charge in [0.05, 0.1) is 7.11 Å². The molecular formula is C22H24NO5S-. The first-order chi connectivity index (χ1) is 13.8. The van der Waals surface area contributed by atoms with E-state index in [1.165, 1.54) is 18.4 Å². The molecule has 3 rings (SSSR count). The Kier molecular flexibility index (Phi) is 6.37. The van der Waals surface area contributed by atoms with Crippen molar-refractivity contribution in [1.29, 1.82) is 0 Å². The van der Waals surface area contributed by atoms with Crippen LogP contribution in [0.4, 0.5) is 5.00 Å². The molecule has 1 aliphatic carbocycles. The highest BCUT2D eigenvalue weighted by molar-refractivity contribution is 7.15. The monoisotopic (exact) mass is 414 g/mol. The molecule has 1 saturated carbocycles. The minimum Gasteiger partial charge on any atom is -0.550 e. The fraction of sp³-hybridized carbons (Fsp3) is 0.409. The van der Waals surface area contributed by atoms with Gasteiger partial charge in [-0.3, -0.25) is 4.79 Å². The number of esters is 1. The van der Waals surface area contributed by atoms with Gasteiger partial charge < -0.3 is 20.0 Å². The van der Waals surface area contributed by atoms with Gasteiger partial charge in [-0.1, -0.05) is 36.6 Å². The van der Waals surface area contributed by atoms with Crippen LogP contribution in [0.15, 0.2) is 23.6 Å². The number of hydrogen-bond donors (Lipinski definition) is 1. The summed E-state index contributed by atoms with van der Waals surface area (Å²) in [5.41, 5.74) is 3.93. The molecule has 29 heavy (non-hydrogen) atoms. The van der Waals surface area contributed by atoms with Gasteiger partial charge in [0.2, 0.25) is 5.91 Å². The van der Waals surface area contributed by atoms with E-state index in [9.17, 15) is 19.5 Å². The van der Waals surface area contributed by atoms with Gasteiger partial charge in [0, 0.05) is 28.7 Å². The van der Waals surface area contributed by atoms with E-state index >= 15 is 0 Å². The van der Waals surface area contributed by atoms with Crippen molar-refractivity contribution in [2.75, 3.05) is 12.4 Å². The number of hydrogen-bond acceptors (Lipinski definition) is 6. The lowest BCUT2D eigenvalue weighted by Gasteiger charge is -2.31. The zero-order chi connectivity index (χ0) is 21.1. The number of amides is 1. The predicted octanol–water partition coefficient (Wildman–Crippen LogP) is 3.31. The van der Waals surface area contributed by atoms with Crippen LogP contribution in [0.2, 0.25) is 0 Å². The topological polar surface area (TPSA) is 95.5 Å². The van der Waals surface area contributed by atoms with Gasteiger partial charge in [-0.15, -0.1) is 11.3 Å². The molecule has 0 saturated heterocycles. The van der Waals surface area contributed by atoms with Gasteiger partial charge in [-0.05, 0) is 37.8 Å². The van der Waals surface area contributed by atoms with E-state index in [0.29, 0.717) is 29.0 Å². The Morgan fingerprint density at radius 3 is 2.45 bits per heavy atom. The van der Waals surface area contributed by atoms with Crippen molar-refractivity contribution < 1.29 is 24.2 Å². The molecule has 2 aromatic rings. The first kappa shape index (κ1) is 21.0. The summed E-state index contributed by atoms with van der Waals surface area (Å²) >= 11 is 1.24. The number of nitrogens with one attached hydrogen (secondary N) is 1. The quantitative estimate of drug-likeness (QED) is 0.758. The maximum absolute atomic E-state index is 12.9. The second kappa shape index (κ2) is 8.78. The first-order valence-corrected chi connectivity index (χ1v) is 10.5. The van der Waals surface area contributed by atoms with Crippen LogP contribution in [0.5, 0.6) is 0 Å². The zero-order valence-electron chi connectivity index (χ0n) is 16.7. The molecule has 1 amide bonds. The number of methoxy groups -OCH3 is 1. The van der Waals surface area contributed by atoms with Crippen molar-refractivity contribution in [2.24, 2.45) is 11.8 Å². The maximum Gasteiger partial charge on any atom is 0.341 e. The van der Waals surface area contributed by atoms with Crippen LogP contribution in [0.1, 0.15) is 47.2 Å². The lowest BCUT2D eigenvalue weighted by atomic mass is 9.78. The molecule has 7 heteroatoms. The molecule has 1 aliphatic rings. The van der Waals surface area contributed by atoms with E-state index in [-0.39, 0.29) is 0 Å². The molecule has 1 N–H and O–H groups in total. The molecule has 0 radical (unpaired) electrons. The average Bonchev–Trinajstić information content (AvgIpc) is 3.12. The Hall–Kier alpha value is -2.67. The number of aliphatic carboxylic acids is 1. The molecule has 2 atom stereocenters. The molecular weight excluding hydrogens is 390 g/mol. The molecule has 0 bridgehead atoms. The highest BCUT2D eigenvalue weighted by atomic mass is 32.1. The molecule has 1 aromatic carbocycles. The third-order valence-corrected chi connectivity index (χ3v) is 6.40. The van der Waals surface area contributed by atoms with Crippen LogP contribution in [-0.2, 0) is 14.3 Å². The lowest BCUT2D eigenvalue weighted by Crippen LogP contribution is -2.42. The van der Waals surface area contributed by atoms with Gasteiger partial charge in [-0.2, -0.15) is 0 Å². The third-order valence-electron chi connectivity index (χ3n) is 5.51. The smallest absolute Gasteiger partial charge is 0.341 e. The van der Waals surface area contributed by atoms with E-state index in [2.05, 4.69) is 5.32 Å². The molecule has 0 spiro atoms. The summed E-state index contributed by atoms with van der Waals surface area (Å²) in [6, 6.07) is 5.96. The summed E-state index contributed by atoms with van der Waals surface area (Å²) in [7, 11) is 1.30. The van der Waals surface area contributed by atoms with Crippen molar-refractivity contribution in [2.45, 2.75) is 39.5 Å². The maximum atomic E-state index is 12.9. The average molecular weight is 415 g/mol. The van der Waals surface area contributed by atoms with E-state index < -0.39 is 29.7 Å². The Balaban J connectivity index is 1.97. The molecule has 1 fully saturated rings. The van der Waals surface area contributed by atoms with Crippen LogP contribution in [-0.4, -0.2) is 25.0 Å². The molecule has 1 heterocycles. The number of carboxylic acids is 1. The largest absolute Gasteiger partial charge is 0.550 e. The van der Waals surface area contributed by atoms with Crippen molar-refractivity contribution in [1.82, 2.24) is 0 Å². The Morgan fingerprint density at radius 2 is 1.79 bits per heavy atom. The molecule has 154 valence electrons. The molecule has 0 aliphatic heterocycles. The van der Waals surface area contributed by atoms with Crippen molar-refractivity contribution in [3.05, 3.63) is 40.3 Å². The fourth-order valence-corrected chi connectivity index (χ4v) is 4.86. The van der Waals surface area contributed by atoms with Gasteiger partial charge >= 0.3 is 5.97 Å². The van der Waals surface area contributed by atoms with E-state index in [1.54, 1.807) is 0 Å². The SMILES string of the molecule is COC(=O)c1c(-c2cc(C)ccc2C)csc1NC(=O)[C@@H]1CCCC[C@H]1C(=O)[O-]. The third kappa shape index (κ3) is 4.34. The van der Waals surface area contributed by atoms with Gasteiger partial charge in [0.15, 0.2) is 0 Å². The predicted molar refractivity (Wildman–Crippen MR) is 110 cm³/mol. The van der Waals surface area contributed by atoms with E-state index in [1.807, 2.05) is 37.4 Å². The standard InChI is InChI=1S/C22H25NO5S/c1-12-8-9-13(2)16(10-12)17-11-29-20(18(17)22(27)28-3)23-19(24)14-6-4-5-7-15(14)21(25)26/h8-11,14-15H,4-7H2,1-3H3,(H,23,24)(H,25,26)/p-1/t14-,15-/m1/s1. The number of aryl methyl sites for hydroxylation is 2. The van der Waals surface area contributed by atoms with Crippen molar-refractivity contribution in [3.63, 3.8) is 0 Å². The number of carbonyl (C=O) groups is 3. The van der Waals surface area contributed by atoms with Crippen LogP contribution >= 0.6 is 11.3 Å². The number of carbonyl (C=O) groups excluding carboxylic acids is 3. The highest BCUT2D eigenvalue weighted by Gasteiger charge is 2.33. The molecule has 0 unspecified atom stereocenters.